The first kappa shape index (κ1) is 18.2. The Labute approximate surface area is 169 Å². The third kappa shape index (κ3) is 3.40. The molecule has 1 aliphatic heterocycles. The van der Waals surface area contributed by atoms with E-state index < -0.39 is 0 Å². The van der Waals surface area contributed by atoms with E-state index in [-0.39, 0.29) is 18.6 Å². The summed E-state index contributed by atoms with van der Waals surface area (Å²) >= 11 is 0. The number of aromatic nitrogens is 2. The van der Waals surface area contributed by atoms with Gasteiger partial charge in [-0.1, -0.05) is 0 Å². The highest BCUT2D eigenvalue weighted by Crippen LogP contribution is 2.34. The average Bonchev–Trinajstić information content (AvgIpc) is 3.35. The van der Waals surface area contributed by atoms with E-state index in [1.165, 1.54) is 18.4 Å². The van der Waals surface area contributed by atoms with Crippen molar-refractivity contribution < 1.29 is 13.9 Å². The molecular formula is C22H26N4O3. The van der Waals surface area contributed by atoms with Crippen LogP contribution in [0.1, 0.15) is 36.0 Å². The molecule has 1 amide bonds. The highest BCUT2D eigenvalue weighted by molar-refractivity contribution is 5.84. The summed E-state index contributed by atoms with van der Waals surface area (Å²) < 4.78 is 13.9. The second kappa shape index (κ2) is 7.55. The Morgan fingerprint density at radius 1 is 1.34 bits per heavy atom. The van der Waals surface area contributed by atoms with Crippen LogP contribution >= 0.6 is 0 Å². The van der Waals surface area contributed by atoms with E-state index in [1.807, 2.05) is 40.9 Å². The number of amides is 1. The third-order valence-electron chi connectivity index (χ3n) is 6.01. The van der Waals surface area contributed by atoms with Crippen LogP contribution in [0.2, 0.25) is 0 Å². The number of hydrogen-bond donors (Lipinski definition) is 1. The van der Waals surface area contributed by atoms with Crippen molar-refractivity contribution in [3.05, 3.63) is 47.7 Å². The Bertz CT molecular complexity index is 1040. The van der Waals surface area contributed by atoms with Crippen molar-refractivity contribution in [2.45, 2.75) is 31.7 Å². The van der Waals surface area contributed by atoms with Gasteiger partial charge in [0.1, 0.15) is 29.0 Å². The fourth-order valence-electron chi connectivity index (χ4n) is 4.49. The van der Waals surface area contributed by atoms with Crippen LogP contribution in [0.25, 0.3) is 11.0 Å². The minimum Gasteiger partial charge on any atom is -0.484 e. The number of imidazole rings is 1. The van der Waals surface area contributed by atoms with Crippen molar-refractivity contribution in [1.82, 2.24) is 19.8 Å². The van der Waals surface area contributed by atoms with Gasteiger partial charge in [-0.05, 0) is 37.5 Å². The average molecular weight is 394 g/mol. The summed E-state index contributed by atoms with van der Waals surface area (Å²) in [6, 6.07) is 5.78. The summed E-state index contributed by atoms with van der Waals surface area (Å²) in [6.45, 7) is 2.14. The van der Waals surface area contributed by atoms with Gasteiger partial charge in [0.25, 0.3) is 5.91 Å². The first-order chi connectivity index (χ1) is 14.2. The maximum Gasteiger partial charge on any atom is 0.261 e. The number of carbonyl (C=O) groups excluding carboxylic acids is 1. The van der Waals surface area contributed by atoms with Gasteiger partial charge in [0.15, 0.2) is 6.61 Å². The lowest BCUT2D eigenvalue weighted by Gasteiger charge is -2.35. The van der Waals surface area contributed by atoms with Crippen molar-refractivity contribution in [1.29, 1.82) is 0 Å². The van der Waals surface area contributed by atoms with Gasteiger partial charge in [-0.3, -0.25) is 4.79 Å². The minimum atomic E-state index is -0.0803. The van der Waals surface area contributed by atoms with Gasteiger partial charge in [-0.15, -0.1) is 0 Å². The van der Waals surface area contributed by atoms with Gasteiger partial charge in [-0.2, -0.15) is 0 Å². The van der Waals surface area contributed by atoms with E-state index in [4.69, 9.17) is 9.15 Å². The second-order valence-electron chi connectivity index (χ2n) is 7.86. The molecule has 2 aromatic heterocycles. The number of nitrogens with zero attached hydrogens (tertiary/aromatic N) is 3. The minimum absolute atomic E-state index is 0.0196. The van der Waals surface area contributed by atoms with Crippen LogP contribution in [0.4, 0.5) is 0 Å². The molecule has 1 aromatic carbocycles. The maximum absolute atomic E-state index is 13.0. The lowest BCUT2D eigenvalue weighted by atomic mass is 9.96. The Kier molecular flexibility index (Phi) is 4.75. The van der Waals surface area contributed by atoms with E-state index in [0.717, 1.165) is 41.9 Å². The Hall–Kier alpha value is -2.80. The normalized spacial score (nSPS) is 19.3. The fourth-order valence-corrected chi connectivity index (χ4v) is 4.49. The predicted octanol–water partition coefficient (Wildman–Crippen LogP) is 2.60. The van der Waals surface area contributed by atoms with Crippen LogP contribution < -0.4 is 10.1 Å². The number of piperazine rings is 1. The molecule has 1 saturated heterocycles. The number of fused-ring (bicyclic) bond motifs is 3. The van der Waals surface area contributed by atoms with Crippen LogP contribution in [-0.2, 0) is 24.7 Å². The number of furan rings is 1. The Morgan fingerprint density at radius 3 is 3.10 bits per heavy atom. The Morgan fingerprint density at radius 2 is 2.24 bits per heavy atom. The third-order valence-corrected chi connectivity index (χ3v) is 6.01. The van der Waals surface area contributed by atoms with E-state index in [1.54, 1.807) is 6.20 Å². The van der Waals surface area contributed by atoms with E-state index in [2.05, 4.69) is 10.3 Å². The first-order valence-electron chi connectivity index (χ1n) is 10.4. The molecule has 5 rings (SSSR count). The molecule has 0 saturated carbocycles. The molecule has 1 fully saturated rings. The number of carbonyl (C=O) groups is 1. The topological polar surface area (TPSA) is 72.5 Å². The second-order valence-corrected chi connectivity index (χ2v) is 7.86. The smallest absolute Gasteiger partial charge is 0.261 e. The number of nitrogens with one attached hydrogen (secondary N) is 1. The largest absolute Gasteiger partial charge is 0.484 e. The zero-order valence-electron chi connectivity index (χ0n) is 16.7. The van der Waals surface area contributed by atoms with Gasteiger partial charge < -0.3 is 23.9 Å². The van der Waals surface area contributed by atoms with Crippen molar-refractivity contribution in [2.24, 2.45) is 7.05 Å². The summed E-state index contributed by atoms with van der Waals surface area (Å²) in [7, 11) is 1.96. The van der Waals surface area contributed by atoms with Crippen LogP contribution in [0.3, 0.4) is 0 Å². The summed E-state index contributed by atoms with van der Waals surface area (Å²) in [5.41, 5.74) is 2.22. The highest BCUT2D eigenvalue weighted by Gasteiger charge is 2.30. The molecule has 0 spiro atoms. The molecule has 3 heterocycles. The highest BCUT2D eigenvalue weighted by atomic mass is 16.5. The van der Waals surface area contributed by atoms with E-state index in [0.29, 0.717) is 18.8 Å². The summed E-state index contributed by atoms with van der Waals surface area (Å²) in [6.07, 6.45) is 8.12. The van der Waals surface area contributed by atoms with Crippen molar-refractivity contribution in [2.75, 3.05) is 26.2 Å². The molecule has 1 N–H and O–H groups in total. The van der Waals surface area contributed by atoms with Crippen LogP contribution in [0.5, 0.6) is 5.75 Å². The van der Waals surface area contributed by atoms with E-state index in [9.17, 15) is 4.79 Å². The van der Waals surface area contributed by atoms with Crippen LogP contribution in [0.15, 0.2) is 35.0 Å². The lowest BCUT2D eigenvalue weighted by molar-refractivity contribution is -0.137. The first-order valence-corrected chi connectivity index (χ1v) is 10.4. The molecule has 29 heavy (non-hydrogen) atoms. The number of ether oxygens (including phenoxy) is 1. The number of aryl methyl sites for hydroxylation is 3. The molecule has 7 nitrogen and oxygen atoms in total. The van der Waals surface area contributed by atoms with Gasteiger partial charge in [0.05, 0.1) is 0 Å². The van der Waals surface area contributed by atoms with Gasteiger partial charge in [-0.25, -0.2) is 4.98 Å². The van der Waals surface area contributed by atoms with Crippen LogP contribution in [0, 0.1) is 0 Å². The number of rotatable bonds is 4. The monoisotopic (exact) mass is 394 g/mol. The fraction of sp³-hybridized carbons (Fsp3) is 0.455. The molecule has 0 radical (unpaired) electrons. The van der Waals surface area contributed by atoms with Crippen molar-refractivity contribution >= 4 is 16.9 Å². The van der Waals surface area contributed by atoms with Crippen molar-refractivity contribution in [3.8, 4) is 5.75 Å². The summed E-state index contributed by atoms with van der Waals surface area (Å²) in [5.74, 6) is 2.69. The number of benzene rings is 1. The molecule has 0 bridgehead atoms. The Balaban J connectivity index is 1.31. The maximum atomic E-state index is 13.0. The number of hydrogen-bond acceptors (Lipinski definition) is 5. The molecule has 2 aliphatic rings. The standard InChI is InChI=1S/C22H26N4O3/c1-25-10-9-24-22(25)18-13-23-8-11-26(18)21(27)14-28-15-6-7-20-17(12-15)16-4-2-3-5-19(16)29-20/h6-7,9-10,12,18,23H,2-5,8,11,13-14H2,1H3. The predicted molar refractivity (Wildman–Crippen MR) is 109 cm³/mol. The molecule has 1 unspecified atom stereocenters. The zero-order chi connectivity index (χ0) is 19.8. The molecule has 7 heteroatoms. The van der Waals surface area contributed by atoms with Gasteiger partial charge >= 0.3 is 0 Å². The van der Waals surface area contributed by atoms with Crippen LogP contribution in [-0.4, -0.2) is 46.6 Å². The SMILES string of the molecule is Cn1ccnc1C1CNCCN1C(=O)COc1ccc2oc3c(c2c1)CCCC3. The van der Waals surface area contributed by atoms with Gasteiger partial charge in [0, 0.05) is 56.4 Å². The van der Waals surface area contributed by atoms with E-state index >= 15 is 0 Å². The van der Waals surface area contributed by atoms with Crippen molar-refractivity contribution in [3.63, 3.8) is 0 Å². The summed E-state index contributed by atoms with van der Waals surface area (Å²) in [5, 5.41) is 4.48. The zero-order valence-corrected chi connectivity index (χ0v) is 16.7. The molecular weight excluding hydrogens is 368 g/mol. The lowest BCUT2D eigenvalue weighted by Crippen LogP contribution is -2.50. The molecule has 3 aromatic rings. The quantitative estimate of drug-likeness (QED) is 0.736. The molecule has 152 valence electrons. The van der Waals surface area contributed by atoms with Gasteiger partial charge in [0.2, 0.25) is 0 Å². The molecule has 1 aliphatic carbocycles. The summed E-state index contributed by atoms with van der Waals surface area (Å²) in [4.78, 5) is 19.3. The molecule has 1 atom stereocenters.